The van der Waals surface area contributed by atoms with E-state index in [0.29, 0.717) is 5.56 Å². The van der Waals surface area contributed by atoms with Gasteiger partial charge in [-0.2, -0.15) is 0 Å². The molecule has 1 saturated carbocycles. The number of amides is 1. The lowest BCUT2D eigenvalue weighted by atomic mass is 10.1. The molecule has 4 N–H and O–H groups in total. The van der Waals surface area contributed by atoms with Gasteiger partial charge in [0, 0.05) is 6.20 Å². The van der Waals surface area contributed by atoms with Gasteiger partial charge in [-0.15, -0.1) is 0 Å². The van der Waals surface area contributed by atoms with Crippen LogP contribution in [0, 0.1) is 0 Å². The minimum Gasteiger partial charge on any atom is -0.391 e. The summed E-state index contributed by atoms with van der Waals surface area (Å²) in [5.41, 5.74) is 5.86. The number of pyridine rings is 1. The molecule has 6 heteroatoms. The Hall–Kier alpha value is -1.33. The van der Waals surface area contributed by atoms with E-state index in [9.17, 15) is 9.90 Å². The molecular formula is C13H18ClN3O2. The summed E-state index contributed by atoms with van der Waals surface area (Å²) in [5.74, 6) is -0.0759. The summed E-state index contributed by atoms with van der Waals surface area (Å²) < 4.78 is 0. The number of carbonyl (C=O) groups excluding carboxylic acids is 1. The van der Waals surface area contributed by atoms with Gasteiger partial charge in [-0.25, -0.2) is 4.98 Å². The van der Waals surface area contributed by atoms with Gasteiger partial charge in [0.15, 0.2) is 0 Å². The zero-order chi connectivity index (χ0) is 13.8. The second-order valence-electron chi connectivity index (χ2n) is 4.88. The van der Waals surface area contributed by atoms with Gasteiger partial charge in [-0.1, -0.05) is 30.9 Å². The number of nitrogens with one attached hydrogen (secondary N) is 1. The van der Waals surface area contributed by atoms with Crippen molar-refractivity contribution in [1.82, 2.24) is 10.3 Å². The van der Waals surface area contributed by atoms with Crippen molar-refractivity contribution in [3.05, 3.63) is 22.8 Å². The van der Waals surface area contributed by atoms with Gasteiger partial charge in [-0.05, 0) is 18.9 Å². The van der Waals surface area contributed by atoms with Crippen molar-refractivity contribution in [3.63, 3.8) is 0 Å². The van der Waals surface area contributed by atoms with E-state index in [1.54, 1.807) is 0 Å². The van der Waals surface area contributed by atoms with Gasteiger partial charge < -0.3 is 16.2 Å². The van der Waals surface area contributed by atoms with Crippen LogP contribution in [0.3, 0.4) is 0 Å². The molecule has 1 fully saturated rings. The summed E-state index contributed by atoms with van der Waals surface area (Å²) in [4.78, 5) is 15.9. The van der Waals surface area contributed by atoms with E-state index in [1.165, 1.54) is 12.3 Å². The Balaban J connectivity index is 2.05. The highest BCUT2D eigenvalue weighted by Crippen LogP contribution is 2.20. The number of carbonyl (C=O) groups is 1. The summed E-state index contributed by atoms with van der Waals surface area (Å²) in [6.07, 6.45) is 5.54. The van der Waals surface area contributed by atoms with Gasteiger partial charge in [0.25, 0.3) is 5.91 Å². The van der Waals surface area contributed by atoms with E-state index >= 15 is 0 Å². The summed E-state index contributed by atoms with van der Waals surface area (Å²) in [6.45, 7) is 0. The van der Waals surface area contributed by atoms with Gasteiger partial charge in [0.05, 0.1) is 22.7 Å². The van der Waals surface area contributed by atoms with Crippen LogP contribution >= 0.6 is 11.6 Å². The SMILES string of the molecule is Nc1ncc(C(=O)NC2CCCCCC2O)cc1Cl. The molecule has 2 atom stereocenters. The molecule has 19 heavy (non-hydrogen) atoms. The largest absolute Gasteiger partial charge is 0.391 e. The molecule has 1 aromatic heterocycles. The number of nitrogens with two attached hydrogens (primary N) is 1. The van der Waals surface area contributed by atoms with Crippen LogP contribution in [0.5, 0.6) is 0 Å². The number of hydrogen-bond acceptors (Lipinski definition) is 4. The van der Waals surface area contributed by atoms with Crippen LogP contribution in [-0.4, -0.2) is 28.1 Å². The van der Waals surface area contributed by atoms with Crippen LogP contribution in [-0.2, 0) is 0 Å². The number of aromatic nitrogens is 1. The van der Waals surface area contributed by atoms with Crippen molar-refractivity contribution in [2.75, 3.05) is 5.73 Å². The molecule has 1 amide bonds. The first-order chi connectivity index (χ1) is 9.08. The molecule has 0 aliphatic heterocycles. The number of aliphatic hydroxyl groups is 1. The van der Waals surface area contributed by atoms with Crippen molar-refractivity contribution in [3.8, 4) is 0 Å². The van der Waals surface area contributed by atoms with Crippen LogP contribution in [0.25, 0.3) is 0 Å². The normalized spacial score (nSPS) is 23.7. The van der Waals surface area contributed by atoms with E-state index < -0.39 is 6.10 Å². The maximum absolute atomic E-state index is 12.1. The highest BCUT2D eigenvalue weighted by atomic mass is 35.5. The first-order valence-electron chi connectivity index (χ1n) is 6.48. The number of aliphatic hydroxyl groups excluding tert-OH is 1. The Morgan fingerprint density at radius 2 is 2.16 bits per heavy atom. The van der Waals surface area contributed by atoms with Crippen LogP contribution in [0.1, 0.15) is 42.5 Å². The quantitative estimate of drug-likeness (QED) is 0.722. The lowest BCUT2D eigenvalue weighted by molar-refractivity contribution is 0.0818. The summed E-state index contributed by atoms with van der Waals surface area (Å²) in [7, 11) is 0. The zero-order valence-corrected chi connectivity index (χ0v) is 11.4. The van der Waals surface area contributed by atoms with Gasteiger partial charge in [-0.3, -0.25) is 4.79 Å². The number of nitrogens with zero attached hydrogens (tertiary/aromatic N) is 1. The fraction of sp³-hybridized carbons (Fsp3) is 0.538. The number of rotatable bonds is 2. The lowest BCUT2D eigenvalue weighted by Gasteiger charge is -2.21. The Labute approximate surface area is 117 Å². The monoisotopic (exact) mass is 283 g/mol. The minimum absolute atomic E-state index is 0.202. The third-order valence-electron chi connectivity index (χ3n) is 3.43. The molecule has 104 valence electrons. The van der Waals surface area contributed by atoms with Gasteiger partial charge in [0.2, 0.25) is 0 Å². The van der Waals surface area contributed by atoms with Crippen LogP contribution in [0.4, 0.5) is 5.82 Å². The lowest BCUT2D eigenvalue weighted by Crippen LogP contribution is -2.42. The number of hydrogen-bond donors (Lipinski definition) is 3. The predicted octanol–water partition coefficient (Wildman–Crippen LogP) is 1.74. The third kappa shape index (κ3) is 3.58. The molecular weight excluding hydrogens is 266 g/mol. The molecule has 0 spiro atoms. The fourth-order valence-corrected chi connectivity index (χ4v) is 2.45. The van der Waals surface area contributed by atoms with E-state index in [4.69, 9.17) is 17.3 Å². The van der Waals surface area contributed by atoms with E-state index in [-0.39, 0.29) is 22.8 Å². The molecule has 2 unspecified atom stereocenters. The molecule has 0 aromatic carbocycles. The Morgan fingerprint density at radius 1 is 1.42 bits per heavy atom. The second kappa shape index (κ2) is 6.21. The highest BCUT2D eigenvalue weighted by Gasteiger charge is 2.23. The maximum atomic E-state index is 12.1. The van der Waals surface area contributed by atoms with Crippen molar-refractivity contribution in [2.45, 2.75) is 44.2 Å². The Bertz CT molecular complexity index is 467. The first-order valence-corrected chi connectivity index (χ1v) is 6.85. The van der Waals surface area contributed by atoms with Crippen LogP contribution < -0.4 is 11.1 Å². The summed E-state index contributed by atoms with van der Waals surface area (Å²) >= 11 is 5.84. The summed E-state index contributed by atoms with van der Waals surface area (Å²) in [5, 5.41) is 13.1. The predicted molar refractivity (Wildman–Crippen MR) is 74.0 cm³/mol. The van der Waals surface area contributed by atoms with E-state index in [2.05, 4.69) is 10.3 Å². The fourth-order valence-electron chi connectivity index (χ4n) is 2.28. The van der Waals surface area contributed by atoms with Crippen LogP contribution in [0.15, 0.2) is 12.3 Å². The van der Waals surface area contributed by atoms with Gasteiger partial charge >= 0.3 is 0 Å². The number of nitrogen functional groups attached to an aromatic ring is 1. The molecule has 5 nitrogen and oxygen atoms in total. The van der Waals surface area contributed by atoms with Crippen LogP contribution in [0.2, 0.25) is 5.02 Å². The zero-order valence-electron chi connectivity index (χ0n) is 10.6. The molecule has 0 bridgehead atoms. The Morgan fingerprint density at radius 3 is 2.89 bits per heavy atom. The maximum Gasteiger partial charge on any atom is 0.253 e. The third-order valence-corrected chi connectivity index (χ3v) is 3.73. The molecule has 0 radical (unpaired) electrons. The first kappa shape index (κ1) is 14.1. The summed E-state index contributed by atoms with van der Waals surface area (Å²) in [6, 6.07) is 1.29. The standard InChI is InChI=1S/C13H18ClN3O2/c14-9-6-8(7-16-12(9)15)13(19)17-10-4-2-1-3-5-11(10)18/h6-7,10-11,18H,1-5H2,(H2,15,16)(H,17,19). The molecule has 1 aliphatic carbocycles. The average Bonchev–Trinajstić information content (AvgIpc) is 2.58. The van der Waals surface area contributed by atoms with Crippen molar-refractivity contribution >= 4 is 23.3 Å². The highest BCUT2D eigenvalue weighted by molar-refractivity contribution is 6.33. The van der Waals surface area contributed by atoms with Crippen molar-refractivity contribution < 1.29 is 9.90 Å². The number of anilines is 1. The van der Waals surface area contributed by atoms with E-state index in [0.717, 1.165) is 32.1 Å². The molecule has 1 aliphatic rings. The topological polar surface area (TPSA) is 88.2 Å². The van der Waals surface area contributed by atoms with Gasteiger partial charge in [0.1, 0.15) is 5.82 Å². The second-order valence-corrected chi connectivity index (χ2v) is 5.28. The molecule has 0 saturated heterocycles. The van der Waals surface area contributed by atoms with E-state index in [1.807, 2.05) is 0 Å². The number of halogens is 1. The molecule has 1 aromatic rings. The smallest absolute Gasteiger partial charge is 0.253 e. The molecule has 2 rings (SSSR count). The minimum atomic E-state index is -0.483. The molecule has 1 heterocycles. The average molecular weight is 284 g/mol. The van der Waals surface area contributed by atoms with Crippen molar-refractivity contribution in [1.29, 1.82) is 0 Å². The Kier molecular flexibility index (Phi) is 4.61. The van der Waals surface area contributed by atoms with Crippen molar-refractivity contribution in [2.24, 2.45) is 0 Å².